The average molecular weight is 281 g/mol. The SMILES string of the molecule is CCOC(=O)c1nnn(CCC(C)O)c1C(F)(F)F. The number of hydrogen-bond acceptors (Lipinski definition) is 5. The molecule has 1 rings (SSSR count). The molecule has 1 aromatic rings. The monoisotopic (exact) mass is 281 g/mol. The summed E-state index contributed by atoms with van der Waals surface area (Å²) >= 11 is 0. The van der Waals surface area contributed by atoms with Crippen LogP contribution in [0.15, 0.2) is 0 Å². The lowest BCUT2D eigenvalue weighted by atomic mass is 10.2. The summed E-state index contributed by atoms with van der Waals surface area (Å²) in [4.78, 5) is 11.4. The number of carbonyl (C=O) groups excluding carboxylic acids is 1. The van der Waals surface area contributed by atoms with Crippen LogP contribution in [0.25, 0.3) is 0 Å². The normalized spacial score (nSPS) is 13.4. The molecule has 1 unspecified atom stereocenters. The fourth-order valence-corrected chi connectivity index (χ4v) is 1.40. The molecule has 6 nitrogen and oxygen atoms in total. The van der Waals surface area contributed by atoms with Gasteiger partial charge < -0.3 is 9.84 Å². The zero-order valence-corrected chi connectivity index (χ0v) is 10.4. The molecule has 0 bridgehead atoms. The van der Waals surface area contributed by atoms with Crippen LogP contribution in [-0.4, -0.2) is 38.8 Å². The Kier molecular flexibility index (Phi) is 4.87. The molecule has 1 atom stereocenters. The topological polar surface area (TPSA) is 77.2 Å². The van der Waals surface area contributed by atoms with Crippen LogP contribution in [0.4, 0.5) is 13.2 Å². The highest BCUT2D eigenvalue weighted by Crippen LogP contribution is 2.31. The molecule has 108 valence electrons. The fraction of sp³-hybridized carbons (Fsp3) is 0.700. The summed E-state index contributed by atoms with van der Waals surface area (Å²) in [7, 11) is 0. The summed E-state index contributed by atoms with van der Waals surface area (Å²) in [5, 5.41) is 15.6. The third kappa shape index (κ3) is 3.91. The van der Waals surface area contributed by atoms with E-state index in [4.69, 9.17) is 5.11 Å². The Labute approximate surface area is 107 Å². The molecule has 1 N–H and O–H groups in total. The van der Waals surface area contributed by atoms with Crippen molar-refractivity contribution >= 4 is 5.97 Å². The van der Waals surface area contributed by atoms with Crippen LogP contribution in [0, 0.1) is 0 Å². The van der Waals surface area contributed by atoms with E-state index in [1.54, 1.807) is 0 Å². The van der Waals surface area contributed by atoms with Gasteiger partial charge in [0.25, 0.3) is 0 Å². The number of aryl methyl sites for hydroxylation is 1. The van der Waals surface area contributed by atoms with E-state index in [9.17, 15) is 18.0 Å². The van der Waals surface area contributed by atoms with E-state index in [1.165, 1.54) is 13.8 Å². The van der Waals surface area contributed by atoms with Gasteiger partial charge in [0.2, 0.25) is 5.69 Å². The van der Waals surface area contributed by atoms with E-state index >= 15 is 0 Å². The predicted octanol–water partition coefficient (Wildman–Crippen LogP) is 1.24. The van der Waals surface area contributed by atoms with E-state index < -0.39 is 29.6 Å². The summed E-state index contributed by atoms with van der Waals surface area (Å²) in [6, 6.07) is 0. The van der Waals surface area contributed by atoms with E-state index in [2.05, 4.69) is 15.0 Å². The highest BCUT2D eigenvalue weighted by atomic mass is 19.4. The van der Waals surface area contributed by atoms with Gasteiger partial charge in [0.1, 0.15) is 0 Å². The van der Waals surface area contributed by atoms with Gasteiger partial charge in [-0.3, -0.25) is 0 Å². The van der Waals surface area contributed by atoms with Crippen molar-refractivity contribution in [1.82, 2.24) is 15.0 Å². The van der Waals surface area contributed by atoms with Gasteiger partial charge in [0.05, 0.1) is 12.7 Å². The van der Waals surface area contributed by atoms with Crippen LogP contribution in [0.1, 0.15) is 36.5 Å². The standard InChI is InChI=1S/C10H14F3N3O3/c1-3-19-9(18)7-8(10(11,12)13)16(15-14-7)5-4-6(2)17/h6,17H,3-5H2,1-2H3. The van der Waals surface area contributed by atoms with Gasteiger partial charge in [0, 0.05) is 6.54 Å². The number of aromatic nitrogens is 3. The molecule has 0 fully saturated rings. The van der Waals surface area contributed by atoms with Crippen molar-refractivity contribution in [2.45, 2.75) is 39.1 Å². The molecular weight excluding hydrogens is 267 g/mol. The third-order valence-corrected chi connectivity index (χ3v) is 2.23. The number of hydrogen-bond donors (Lipinski definition) is 1. The van der Waals surface area contributed by atoms with Gasteiger partial charge in [-0.15, -0.1) is 5.10 Å². The molecule has 1 aromatic heterocycles. The molecule has 9 heteroatoms. The third-order valence-electron chi connectivity index (χ3n) is 2.23. The fourth-order valence-electron chi connectivity index (χ4n) is 1.40. The summed E-state index contributed by atoms with van der Waals surface area (Å²) in [6.07, 6.45) is -5.49. The highest BCUT2D eigenvalue weighted by Gasteiger charge is 2.41. The van der Waals surface area contributed by atoms with Crippen molar-refractivity contribution in [3.63, 3.8) is 0 Å². The molecule has 0 aromatic carbocycles. The number of ether oxygens (including phenoxy) is 1. The number of nitrogens with zero attached hydrogens (tertiary/aromatic N) is 3. The first kappa shape index (κ1) is 15.4. The van der Waals surface area contributed by atoms with Crippen molar-refractivity contribution in [2.75, 3.05) is 6.61 Å². The summed E-state index contributed by atoms with van der Waals surface area (Å²) in [6.45, 7) is 2.66. The number of alkyl halides is 3. The molecule has 0 aliphatic carbocycles. The maximum Gasteiger partial charge on any atom is 0.435 e. The summed E-state index contributed by atoms with van der Waals surface area (Å²) in [5.41, 5.74) is -2.12. The second-order valence-electron chi connectivity index (χ2n) is 3.87. The molecule has 0 amide bonds. The van der Waals surface area contributed by atoms with Gasteiger partial charge in [-0.1, -0.05) is 5.21 Å². The molecule has 0 saturated carbocycles. The maximum absolute atomic E-state index is 12.9. The second kappa shape index (κ2) is 6.00. The van der Waals surface area contributed by atoms with Gasteiger partial charge in [-0.05, 0) is 20.3 Å². The lowest BCUT2D eigenvalue weighted by Crippen LogP contribution is -2.20. The molecule has 0 spiro atoms. The summed E-state index contributed by atoms with van der Waals surface area (Å²) in [5.74, 6) is -1.17. The minimum absolute atomic E-state index is 0.0589. The average Bonchev–Trinajstić information content (AvgIpc) is 2.70. The Morgan fingerprint density at radius 3 is 2.63 bits per heavy atom. The molecule has 19 heavy (non-hydrogen) atoms. The van der Waals surface area contributed by atoms with E-state index in [0.717, 1.165) is 0 Å². The van der Waals surface area contributed by atoms with Gasteiger partial charge in [-0.25, -0.2) is 9.48 Å². The van der Waals surface area contributed by atoms with Crippen molar-refractivity contribution in [3.05, 3.63) is 11.4 Å². The molecule has 0 aliphatic heterocycles. The molecule has 0 radical (unpaired) electrons. The van der Waals surface area contributed by atoms with Crippen LogP contribution >= 0.6 is 0 Å². The van der Waals surface area contributed by atoms with Crippen molar-refractivity contribution in [2.24, 2.45) is 0 Å². The Balaban J connectivity index is 3.09. The zero-order chi connectivity index (χ0) is 14.6. The lowest BCUT2D eigenvalue weighted by Gasteiger charge is -2.11. The number of esters is 1. The first-order chi connectivity index (χ1) is 8.77. The maximum atomic E-state index is 12.9. The Hall–Kier alpha value is -1.64. The number of aliphatic hydroxyl groups is 1. The van der Waals surface area contributed by atoms with Gasteiger partial charge in [0.15, 0.2) is 5.69 Å². The number of aliphatic hydroxyl groups excluding tert-OH is 1. The molecule has 1 heterocycles. The lowest BCUT2D eigenvalue weighted by molar-refractivity contribution is -0.145. The first-order valence-electron chi connectivity index (χ1n) is 5.63. The minimum atomic E-state index is -4.77. The van der Waals surface area contributed by atoms with E-state index in [0.29, 0.717) is 4.68 Å². The van der Waals surface area contributed by atoms with Crippen LogP contribution in [0.3, 0.4) is 0 Å². The van der Waals surface area contributed by atoms with Crippen molar-refractivity contribution < 1.29 is 27.8 Å². The number of carbonyl (C=O) groups is 1. The van der Waals surface area contributed by atoms with Crippen LogP contribution in [0.5, 0.6) is 0 Å². The Bertz CT molecular complexity index is 443. The number of halogens is 3. The largest absolute Gasteiger partial charge is 0.461 e. The molecule has 0 saturated heterocycles. The highest BCUT2D eigenvalue weighted by molar-refractivity contribution is 5.88. The van der Waals surface area contributed by atoms with Crippen molar-refractivity contribution in [1.29, 1.82) is 0 Å². The predicted molar refractivity (Wildman–Crippen MR) is 57.3 cm³/mol. The minimum Gasteiger partial charge on any atom is -0.461 e. The Morgan fingerprint density at radius 1 is 1.53 bits per heavy atom. The molecule has 0 aliphatic rings. The van der Waals surface area contributed by atoms with E-state index in [1.807, 2.05) is 0 Å². The zero-order valence-electron chi connectivity index (χ0n) is 10.4. The van der Waals surface area contributed by atoms with Crippen LogP contribution in [0.2, 0.25) is 0 Å². The summed E-state index contributed by atoms with van der Waals surface area (Å²) < 4.78 is 43.7. The van der Waals surface area contributed by atoms with Crippen LogP contribution < -0.4 is 0 Å². The van der Waals surface area contributed by atoms with Crippen LogP contribution in [-0.2, 0) is 17.5 Å². The number of rotatable bonds is 5. The smallest absolute Gasteiger partial charge is 0.435 e. The quantitative estimate of drug-likeness (QED) is 0.822. The van der Waals surface area contributed by atoms with E-state index in [-0.39, 0.29) is 19.6 Å². The first-order valence-corrected chi connectivity index (χ1v) is 5.63. The van der Waals surface area contributed by atoms with Gasteiger partial charge in [-0.2, -0.15) is 13.2 Å². The Morgan fingerprint density at radius 2 is 2.16 bits per heavy atom. The molecular formula is C10H14F3N3O3. The second-order valence-corrected chi connectivity index (χ2v) is 3.87. The van der Waals surface area contributed by atoms with Gasteiger partial charge >= 0.3 is 12.1 Å². The van der Waals surface area contributed by atoms with Crippen molar-refractivity contribution in [3.8, 4) is 0 Å².